The maximum absolute atomic E-state index is 13.1. The Balaban J connectivity index is 1.60. The Morgan fingerprint density at radius 1 is 1.15 bits per heavy atom. The van der Waals surface area contributed by atoms with Gasteiger partial charge in [0.05, 0.1) is 6.61 Å². The highest BCUT2D eigenvalue weighted by atomic mass is 32.2. The first-order valence-corrected chi connectivity index (χ1v) is 15.4. The Morgan fingerprint density at radius 3 is 2.62 bits per heavy atom. The molecule has 2 aromatic rings. The number of aldehydes is 1. The first-order chi connectivity index (χ1) is 19.0. The molecule has 7 heteroatoms. The molecule has 2 aromatic carbocycles. The number of rotatable bonds is 14. The van der Waals surface area contributed by atoms with E-state index in [1.807, 2.05) is 31.2 Å². The minimum atomic E-state index is -0.552. The molecule has 1 N–H and O–H groups in total. The molecule has 2 fully saturated rings. The largest absolute Gasteiger partial charge is 0.377 e. The number of hydrogen-bond donors (Lipinski definition) is 1. The smallest absolute Gasteiger partial charge is 0.261 e. The van der Waals surface area contributed by atoms with Gasteiger partial charge in [-0.05, 0) is 79.3 Å². The van der Waals surface area contributed by atoms with Crippen molar-refractivity contribution in [3.8, 4) is 11.1 Å². The van der Waals surface area contributed by atoms with E-state index >= 15 is 0 Å². The lowest BCUT2D eigenvalue weighted by atomic mass is 9.93. The van der Waals surface area contributed by atoms with Crippen LogP contribution >= 0.6 is 11.9 Å². The third-order valence-corrected chi connectivity index (χ3v) is 8.70. The Morgan fingerprint density at radius 2 is 1.92 bits per heavy atom. The second kappa shape index (κ2) is 14.1. The lowest BCUT2D eigenvalue weighted by Gasteiger charge is -2.26. The number of amides is 1. The van der Waals surface area contributed by atoms with Gasteiger partial charge in [-0.25, -0.2) is 0 Å². The van der Waals surface area contributed by atoms with Crippen LogP contribution in [0.4, 0.5) is 0 Å². The van der Waals surface area contributed by atoms with Gasteiger partial charge in [0.15, 0.2) is 0 Å². The van der Waals surface area contributed by atoms with Crippen molar-refractivity contribution in [2.24, 2.45) is 4.99 Å². The molecule has 0 unspecified atom stereocenters. The molecule has 0 spiro atoms. The Hall–Kier alpha value is -2.64. The zero-order valence-electron chi connectivity index (χ0n) is 23.7. The Bertz CT molecular complexity index is 1160. The van der Waals surface area contributed by atoms with Gasteiger partial charge in [0.1, 0.15) is 17.7 Å². The van der Waals surface area contributed by atoms with Crippen LogP contribution in [0.2, 0.25) is 0 Å². The van der Waals surface area contributed by atoms with Crippen LogP contribution in [0, 0.1) is 0 Å². The molecule has 0 saturated heterocycles. The molecule has 0 bridgehead atoms. The van der Waals surface area contributed by atoms with E-state index in [1.165, 1.54) is 24.8 Å². The summed E-state index contributed by atoms with van der Waals surface area (Å²) in [5.74, 6) is 0.956. The summed E-state index contributed by atoms with van der Waals surface area (Å²) >= 11 is 1.53. The number of hydrogen-bond acceptors (Lipinski definition) is 5. The van der Waals surface area contributed by atoms with Crippen molar-refractivity contribution in [2.45, 2.75) is 95.6 Å². The third kappa shape index (κ3) is 7.95. The van der Waals surface area contributed by atoms with Crippen LogP contribution in [-0.4, -0.2) is 47.4 Å². The number of amidine groups is 1. The fraction of sp³-hybridized carbons (Fsp3) is 0.531. The number of carbonyl (C=O) groups is 2. The molecule has 39 heavy (non-hydrogen) atoms. The second-order valence-corrected chi connectivity index (χ2v) is 11.9. The number of ether oxygens (including phenoxy) is 1. The predicted molar refractivity (Wildman–Crippen MR) is 161 cm³/mol. The molecule has 0 atom stereocenters. The van der Waals surface area contributed by atoms with Crippen molar-refractivity contribution in [3.63, 3.8) is 0 Å². The van der Waals surface area contributed by atoms with Gasteiger partial charge in [-0.2, -0.15) is 0 Å². The highest BCUT2D eigenvalue weighted by molar-refractivity contribution is 7.98. The van der Waals surface area contributed by atoms with E-state index in [-0.39, 0.29) is 5.91 Å². The van der Waals surface area contributed by atoms with Crippen molar-refractivity contribution < 1.29 is 14.3 Å². The normalized spacial score (nSPS) is 16.7. The summed E-state index contributed by atoms with van der Waals surface area (Å²) in [6.07, 6.45) is 10.2. The summed E-state index contributed by atoms with van der Waals surface area (Å²) in [7, 11) is 2.08. The maximum Gasteiger partial charge on any atom is 0.261 e. The number of carbonyl (C=O) groups excluding carboxylic acids is 2. The monoisotopic (exact) mass is 549 g/mol. The molecule has 6 nitrogen and oxygen atoms in total. The van der Waals surface area contributed by atoms with Gasteiger partial charge in [0.25, 0.3) is 5.91 Å². The quantitative estimate of drug-likeness (QED) is 0.119. The summed E-state index contributed by atoms with van der Waals surface area (Å²) in [6, 6.07) is 14.3. The molecule has 0 heterocycles. The summed E-state index contributed by atoms with van der Waals surface area (Å²) in [5, 5.41) is 0.548. The van der Waals surface area contributed by atoms with Gasteiger partial charge in [0, 0.05) is 37.4 Å². The maximum atomic E-state index is 13.1. The number of unbranched alkanes of at least 4 members (excludes halogenated alkanes) is 1. The second-order valence-electron chi connectivity index (χ2n) is 10.8. The van der Waals surface area contributed by atoms with E-state index in [2.05, 4.69) is 41.8 Å². The van der Waals surface area contributed by atoms with Crippen molar-refractivity contribution in [3.05, 3.63) is 59.2 Å². The summed E-state index contributed by atoms with van der Waals surface area (Å²) in [6.45, 7) is 5.96. The first-order valence-electron chi connectivity index (χ1n) is 14.5. The zero-order chi connectivity index (χ0) is 27.7. The van der Waals surface area contributed by atoms with Gasteiger partial charge in [0.2, 0.25) is 0 Å². The van der Waals surface area contributed by atoms with Crippen LogP contribution in [0.25, 0.3) is 11.1 Å². The van der Waals surface area contributed by atoms with Crippen molar-refractivity contribution in [2.75, 3.05) is 13.7 Å². The zero-order valence-corrected chi connectivity index (χ0v) is 24.5. The summed E-state index contributed by atoms with van der Waals surface area (Å²) in [4.78, 5) is 32.3. The molecule has 0 radical (unpaired) electrons. The Kier molecular flexibility index (Phi) is 10.6. The van der Waals surface area contributed by atoms with Crippen LogP contribution in [0.3, 0.4) is 0 Å². The minimum absolute atomic E-state index is 0.0542. The number of nitrogens with one attached hydrogen (secondary N) is 1. The predicted octanol–water partition coefficient (Wildman–Crippen LogP) is 6.96. The highest BCUT2D eigenvalue weighted by Crippen LogP contribution is 2.34. The summed E-state index contributed by atoms with van der Waals surface area (Å²) in [5.41, 5.74) is 4.27. The van der Waals surface area contributed by atoms with E-state index in [1.54, 1.807) is 0 Å². The minimum Gasteiger partial charge on any atom is -0.377 e. The fourth-order valence-electron chi connectivity index (χ4n) is 5.17. The molecule has 4 rings (SSSR count). The highest BCUT2D eigenvalue weighted by Gasteiger charge is 2.34. The lowest BCUT2D eigenvalue weighted by molar-refractivity contribution is -0.112. The third-order valence-electron chi connectivity index (χ3n) is 7.59. The van der Waals surface area contributed by atoms with E-state index in [0.717, 1.165) is 79.3 Å². The molecule has 1 amide bonds. The first kappa shape index (κ1) is 29.3. The van der Waals surface area contributed by atoms with Crippen LogP contribution < -0.4 is 4.72 Å². The van der Waals surface area contributed by atoms with Crippen LogP contribution in [0.15, 0.2) is 47.5 Å². The molecule has 2 saturated carbocycles. The van der Waals surface area contributed by atoms with Gasteiger partial charge >= 0.3 is 0 Å². The molecule has 2 aliphatic carbocycles. The van der Waals surface area contributed by atoms with Crippen LogP contribution in [-0.2, 0) is 22.7 Å². The molecule has 2 aliphatic rings. The van der Waals surface area contributed by atoms with Gasteiger partial charge in [-0.1, -0.05) is 62.6 Å². The molecule has 210 valence electrons. The van der Waals surface area contributed by atoms with Gasteiger partial charge in [-0.3, -0.25) is 14.5 Å². The van der Waals surface area contributed by atoms with Crippen molar-refractivity contribution in [1.82, 2.24) is 9.62 Å². The average molecular weight is 550 g/mol. The SMILES string of the molecule is CCCCC(=NC1(C=O)CCCC1)N(C)Cc1ccc(-c2ccccc2C(=O)NSC2CC2)c(COCC)c1. The number of benzene rings is 2. The average Bonchev–Trinajstić information content (AvgIpc) is 3.68. The molecule has 0 aliphatic heterocycles. The standard InChI is InChI=1S/C32H43N3O3S/c1-4-6-13-30(33-32(23-36)18-9-10-19-32)35(3)21-24-14-17-27(25(20-24)22-38-5-2)28-11-7-8-12-29(28)31(37)34-39-26-15-16-26/h7-8,11-12,14,17,20,23,26H,4-6,9-10,13,15-16,18-19,21-22H2,1-3H3,(H,34,37). The molecular formula is C32H43N3O3S. The van der Waals surface area contributed by atoms with Crippen LogP contribution in [0.5, 0.6) is 0 Å². The number of aliphatic imine (C=N–C) groups is 1. The van der Waals surface area contributed by atoms with E-state index in [0.29, 0.717) is 30.6 Å². The van der Waals surface area contributed by atoms with E-state index in [9.17, 15) is 9.59 Å². The van der Waals surface area contributed by atoms with E-state index < -0.39 is 5.54 Å². The number of nitrogens with zero attached hydrogens (tertiary/aromatic N) is 2. The van der Waals surface area contributed by atoms with Crippen LogP contribution in [0.1, 0.15) is 93.1 Å². The van der Waals surface area contributed by atoms with Crippen molar-refractivity contribution in [1.29, 1.82) is 0 Å². The lowest BCUT2D eigenvalue weighted by Crippen LogP contribution is -2.33. The fourth-order valence-corrected chi connectivity index (χ4v) is 5.92. The van der Waals surface area contributed by atoms with Crippen molar-refractivity contribution >= 4 is 30.0 Å². The van der Waals surface area contributed by atoms with E-state index in [4.69, 9.17) is 9.73 Å². The molecular weight excluding hydrogens is 506 g/mol. The summed E-state index contributed by atoms with van der Waals surface area (Å²) < 4.78 is 8.90. The Labute approximate surface area is 238 Å². The molecule has 0 aromatic heterocycles. The topological polar surface area (TPSA) is 71.0 Å². The van der Waals surface area contributed by atoms with Gasteiger partial charge < -0.3 is 14.4 Å². The van der Waals surface area contributed by atoms with Gasteiger partial charge in [-0.15, -0.1) is 0 Å².